The minimum absolute atomic E-state index is 0.159. The van der Waals surface area contributed by atoms with E-state index in [1.165, 1.54) is 11.3 Å². The molecule has 2 aliphatic heterocycles. The van der Waals surface area contributed by atoms with Crippen LogP contribution in [0.15, 0.2) is 48.5 Å². The Balaban J connectivity index is 1.22. The van der Waals surface area contributed by atoms with E-state index in [9.17, 15) is 9.90 Å². The van der Waals surface area contributed by atoms with Gasteiger partial charge in [0, 0.05) is 49.5 Å². The van der Waals surface area contributed by atoms with E-state index >= 15 is 0 Å². The van der Waals surface area contributed by atoms with Crippen LogP contribution in [0.2, 0.25) is 5.02 Å². The Hall–Kier alpha value is -2.08. The lowest BCUT2D eigenvalue weighted by molar-refractivity contribution is -0.132. The Morgan fingerprint density at radius 1 is 0.968 bits per heavy atom. The minimum Gasteiger partial charge on any atom is -0.393 e. The Kier molecular flexibility index (Phi) is 7.49. The van der Waals surface area contributed by atoms with Crippen molar-refractivity contribution in [3.8, 4) is 0 Å². The summed E-state index contributed by atoms with van der Waals surface area (Å²) in [6, 6.07) is 17.0. The zero-order chi connectivity index (χ0) is 21.6. The second-order valence-corrected chi connectivity index (χ2v) is 9.16. The first kappa shape index (κ1) is 22.1. The predicted octanol–water partition coefficient (Wildman–Crippen LogP) is 3.62. The van der Waals surface area contributed by atoms with Crippen LogP contribution < -0.4 is 10.2 Å². The predicted molar refractivity (Wildman–Crippen MR) is 125 cm³/mol. The number of benzene rings is 2. The van der Waals surface area contributed by atoms with Crippen LogP contribution in [-0.4, -0.2) is 54.2 Å². The number of rotatable bonds is 6. The van der Waals surface area contributed by atoms with Crippen molar-refractivity contribution < 1.29 is 9.90 Å². The number of likely N-dealkylation sites (tertiary alicyclic amines) is 1. The largest absolute Gasteiger partial charge is 0.393 e. The quantitative estimate of drug-likeness (QED) is 0.718. The highest BCUT2D eigenvalue weighted by atomic mass is 35.5. The zero-order valence-electron chi connectivity index (χ0n) is 18.0. The molecule has 6 heteroatoms. The summed E-state index contributed by atoms with van der Waals surface area (Å²) in [4.78, 5) is 16.8. The fraction of sp³-hybridized carbons (Fsp3) is 0.480. The first-order valence-electron chi connectivity index (χ1n) is 11.3. The Labute approximate surface area is 190 Å². The van der Waals surface area contributed by atoms with Gasteiger partial charge in [0.2, 0.25) is 5.91 Å². The number of hydrogen-bond acceptors (Lipinski definition) is 4. The molecule has 2 aliphatic rings. The molecule has 5 nitrogen and oxygen atoms in total. The van der Waals surface area contributed by atoms with E-state index < -0.39 is 0 Å². The van der Waals surface area contributed by atoms with Crippen LogP contribution in [-0.2, 0) is 17.8 Å². The summed E-state index contributed by atoms with van der Waals surface area (Å²) in [6.45, 7) is 4.24. The molecular formula is C25H32ClN3O2. The number of amides is 1. The number of halogens is 1. The normalized spacial score (nSPS) is 18.4. The fourth-order valence-electron chi connectivity index (χ4n) is 4.48. The molecule has 2 fully saturated rings. The number of aliphatic hydroxyl groups excluding tert-OH is 1. The molecule has 31 heavy (non-hydrogen) atoms. The van der Waals surface area contributed by atoms with Crippen molar-refractivity contribution in [2.45, 2.75) is 50.8 Å². The number of carbonyl (C=O) groups is 1. The highest BCUT2D eigenvalue weighted by molar-refractivity contribution is 6.30. The Morgan fingerprint density at radius 3 is 2.35 bits per heavy atom. The van der Waals surface area contributed by atoms with Gasteiger partial charge < -0.3 is 20.2 Å². The zero-order valence-corrected chi connectivity index (χ0v) is 18.7. The SMILES string of the molecule is O=C(Cc1ccc(N2CCC(NCc3cccc(Cl)c3)CC2)cc1)N1CCC(O)CC1. The number of hydrogen-bond donors (Lipinski definition) is 2. The van der Waals surface area contributed by atoms with Crippen LogP contribution in [0.5, 0.6) is 0 Å². The molecule has 2 aromatic rings. The first-order chi connectivity index (χ1) is 15.1. The van der Waals surface area contributed by atoms with Gasteiger partial charge in [-0.1, -0.05) is 35.9 Å². The molecule has 2 N–H and O–H groups in total. The smallest absolute Gasteiger partial charge is 0.226 e. The van der Waals surface area contributed by atoms with Gasteiger partial charge in [-0.15, -0.1) is 0 Å². The third-order valence-electron chi connectivity index (χ3n) is 6.45. The molecule has 0 spiro atoms. The number of piperidine rings is 2. The number of nitrogens with one attached hydrogen (secondary N) is 1. The topological polar surface area (TPSA) is 55.8 Å². The number of nitrogens with zero attached hydrogens (tertiary/aromatic N) is 2. The van der Waals surface area contributed by atoms with Crippen molar-refractivity contribution in [2.75, 3.05) is 31.1 Å². The molecule has 166 valence electrons. The van der Waals surface area contributed by atoms with Gasteiger partial charge >= 0.3 is 0 Å². The van der Waals surface area contributed by atoms with E-state index in [1.807, 2.05) is 23.1 Å². The van der Waals surface area contributed by atoms with E-state index in [0.717, 1.165) is 43.1 Å². The maximum atomic E-state index is 12.5. The van der Waals surface area contributed by atoms with E-state index in [0.29, 0.717) is 38.4 Å². The molecule has 0 bridgehead atoms. The molecule has 0 radical (unpaired) electrons. The standard InChI is InChI=1S/C25H32ClN3O2/c26-21-3-1-2-20(16-21)18-27-22-8-12-28(13-9-22)23-6-4-19(5-7-23)17-25(31)29-14-10-24(30)11-15-29/h1-7,16,22,24,27,30H,8-15,17-18H2. The monoisotopic (exact) mass is 441 g/mol. The van der Waals surface area contributed by atoms with Gasteiger partial charge in [-0.25, -0.2) is 0 Å². The third-order valence-corrected chi connectivity index (χ3v) is 6.69. The van der Waals surface area contributed by atoms with Crippen LogP contribution in [0.4, 0.5) is 5.69 Å². The molecule has 0 aromatic heterocycles. The van der Waals surface area contributed by atoms with Gasteiger partial charge in [-0.3, -0.25) is 4.79 Å². The maximum absolute atomic E-state index is 12.5. The number of aliphatic hydroxyl groups is 1. The lowest BCUT2D eigenvalue weighted by atomic mass is 10.0. The molecule has 0 unspecified atom stereocenters. The molecule has 2 saturated heterocycles. The Morgan fingerprint density at radius 2 is 1.68 bits per heavy atom. The lowest BCUT2D eigenvalue weighted by Gasteiger charge is -2.34. The molecule has 0 saturated carbocycles. The third kappa shape index (κ3) is 6.22. The van der Waals surface area contributed by atoms with Crippen molar-refractivity contribution in [1.29, 1.82) is 0 Å². The van der Waals surface area contributed by atoms with Gasteiger partial charge in [-0.2, -0.15) is 0 Å². The lowest BCUT2D eigenvalue weighted by Crippen LogP contribution is -2.42. The van der Waals surface area contributed by atoms with Crippen LogP contribution >= 0.6 is 11.6 Å². The van der Waals surface area contributed by atoms with Gasteiger partial charge in [0.25, 0.3) is 0 Å². The van der Waals surface area contributed by atoms with Crippen LogP contribution in [0.1, 0.15) is 36.8 Å². The molecule has 0 atom stereocenters. The second-order valence-electron chi connectivity index (χ2n) is 8.73. The molecular weight excluding hydrogens is 410 g/mol. The highest BCUT2D eigenvalue weighted by Gasteiger charge is 2.22. The molecule has 0 aliphatic carbocycles. The number of anilines is 1. The van der Waals surface area contributed by atoms with Crippen LogP contribution in [0.3, 0.4) is 0 Å². The fourth-order valence-corrected chi connectivity index (χ4v) is 4.69. The molecule has 2 heterocycles. The van der Waals surface area contributed by atoms with Gasteiger partial charge in [0.15, 0.2) is 0 Å². The summed E-state index contributed by atoms with van der Waals surface area (Å²) in [5.74, 6) is 0.159. The summed E-state index contributed by atoms with van der Waals surface area (Å²) in [5, 5.41) is 14.1. The van der Waals surface area contributed by atoms with Crippen molar-refractivity contribution in [2.24, 2.45) is 0 Å². The second kappa shape index (κ2) is 10.5. The van der Waals surface area contributed by atoms with E-state index in [-0.39, 0.29) is 12.0 Å². The van der Waals surface area contributed by atoms with Crippen LogP contribution in [0.25, 0.3) is 0 Å². The minimum atomic E-state index is -0.250. The highest BCUT2D eigenvalue weighted by Crippen LogP contribution is 2.22. The molecule has 1 amide bonds. The molecule has 2 aromatic carbocycles. The van der Waals surface area contributed by atoms with E-state index in [1.54, 1.807) is 0 Å². The van der Waals surface area contributed by atoms with Crippen molar-refractivity contribution >= 4 is 23.2 Å². The van der Waals surface area contributed by atoms with E-state index in [4.69, 9.17) is 11.6 Å². The average molecular weight is 442 g/mol. The van der Waals surface area contributed by atoms with E-state index in [2.05, 4.69) is 40.5 Å². The molecule has 4 rings (SSSR count). The van der Waals surface area contributed by atoms with Crippen LogP contribution in [0, 0.1) is 0 Å². The summed E-state index contributed by atoms with van der Waals surface area (Å²) in [7, 11) is 0. The summed E-state index contributed by atoms with van der Waals surface area (Å²) >= 11 is 6.07. The summed E-state index contributed by atoms with van der Waals surface area (Å²) in [5.41, 5.74) is 3.50. The summed E-state index contributed by atoms with van der Waals surface area (Å²) < 4.78 is 0. The van der Waals surface area contributed by atoms with Crippen molar-refractivity contribution in [1.82, 2.24) is 10.2 Å². The van der Waals surface area contributed by atoms with Gasteiger partial charge in [-0.05, 0) is 61.1 Å². The van der Waals surface area contributed by atoms with Gasteiger partial charge in [0.1, 0.15) is 0 Å². The average Bonchev–Trinajstić information content (AvgIpc) is 2.79. The van der Waals surface area contributed by atoms with Crippen molar-refractivity contribution in [3.63, 3.8) is 0 Å². The maximum Gasteiger partial charge on any atom is 0.226 e. The first-order valence-corrected chi connectivity index (χ1v) is 11.7. The van der Waals surface area contributed by atoms with Crippen molar-refractivity contribution in [3.05, 3.63) is 64.7 Å². The summed E-state index contributed by atoms with van der Waals surface area (Å²) in [6.07, 6.45) is 3.79. The van der Waals surface area contributed by atoms with Gasteiger partial charge in [0.05, 0.1) is 12.5 Å². The number of carbonyl (C=O) groups excluding carboxylic acids is 1. The Bertz CT molecular complexity index is 857.